The molecule has 0 radical (unpaired) electrons. The van der Waals surface area contributed by atoms with Crippen LogP contribution in [-0.4, -0.2) is 35.8 Å². The lowest BCUT2D eigenvalue weighted by molar-refractivity contribution is 0.0743. The van der Waals surface area contributed by atoms with Gasteiger partial charge in [-0.2, -0.15) is 0 Å². The van der Waals surface area contributed by atoms with Crippen LogP contribution in [0.25, 0.3) is 11.0 Å². The van der Waals surface area contributed by atoms with Crippen molar-refractivity contribution >= 4 is 11.0 Å². The van der Waals surface area contributed by atoms with E-state index in [1.165, 1.54) is 5.56 Å². The summed E-state index contributed by atoms with van der Waals surface area (Å²) in [5.74, 6) is 0. The average Bonchev–Trinajstić information content (AvgIpc) is 2.85. The first kappa shape index (κ1) is 10.7. The number of ether oxygens (including phenoxy) is 1. The second-order valence-electron chi connectivity index (χ2n) is 4.52. The minimum Gasteiger partial charge on any atom is -0.379 e. The smallest absolute Gasteiger partial charge is 0.0931 e. The molecule has 4 nitrogen and oxygen atoms in total. The van der Waals surface area contributed by atoms with Crippen LogP contribution in [0.3, 0.4) is 0 Å². The first-order valence-electron chi connectivity index (χ1n) is 6.15. The molecule has 90 valence electrons. The molecule has 1 saturated heterocycles. The number of hydrogen-bond donors (Lipinski definition) is 2. The van der Waals surface area contributed by atoms with Crippen LogP contribution in [0.4, 0.5) is 0 Å². The quantitative estimate of drug-likeness (QED) is 0.841. The van der Waals surface area contributed by atoms with Crippen LogP contribution >= 0.6 is 0 Å². The molecule has 1 aliphatic rings. The summed E-state index contributed by atoms with van der Waals surface area (Å²) in [6.45, 7) is 2.66. The number of aromatic nitrogens is 2. The number of nitrogens with zero attached hydrogens (tertiary/aromatic N) is 1. The second kappa shape index (κ2) is 4.85. The van der Waals surface area contributed by atoms with Gasteiger partial charge in [-0.05, 0) is 30.5 Å². The third kappa shape index (κ3) is 2.48. The summed E-state index contributed by atoms with van der Waals surface area (Å²) in [7, 11) is 0. The molecule has 4 heteroatoms. The summed E-state index contributed by atoms with van der Waals surface area (Å²) in [6, 6.07) is 6.92. The Morgan fingerprint density at radius 3 is 3.29 bits per heavy atom. The minimum atomic E-state index is 0.501. The third-order valence-electron chi connectivity index (χ3n) is 3.26. The largest absolute Gasteiger partial charge is 0.379 e. The number of morpholine rings is 1. The molecular formula is C13H17N3O. The van der Waals surface area contributed by atoms with E-state index in [0.717, 1.165) is 43.6 Å². The molecule has 1 aliphatic heterocycles. The Morgan fingerprint density at radius 2 is 2.41 bits per heavy atom. The van der Waals surface area contributed by atoms with Crippen LogP contribution in [0.15, 0.2) is 24.5 Å². The van der Waals surface area contributed by atoms with Crippen molar-refractivity contribution in [2.24, 2.45) is 0 Å². The highest BCUT2D eigenvalue weighted by Gasteiger charge is 2.12. The van der Waals surface area contributed by atoms with E-state index in [1.807, 2.05) is 0 Å². The predicted molar refractivity (Wildman–Crippen MR) is 67.0 cm³/mol. The van der Waals surface area contributed by atoms with E-state index in [-0.39, 0.29) is 0 Å². The first-order chi connectivity index (χ1) is 8.42. The van der Waals surface area contributed by atoms with Crippen LogP contribution in [-0.2, 0) is 11.2 Å². The van der Waals surface area contributed by atoms with Crippen molar-refractivity contribution in [2.75, 3.05) is 19.8 Å². The van der Waals surface area contributed by atoms with Gasteiger partial charge >= 0.3 is 0 Å². The lowest BCUT2D eigenvalue weighted by atomic mass is 10.0. The maximum Gasteiger partial charge on any atom is 0.0931 e. The minimum absolute atomic E-state index is 0.501. The molecule has 0 bridgehead atoms. The molecule has 1 fully saturated rings. The second-order valence-corrected chi connectivity index (χ2v) is 4.52. The van der Waals surface area contributed by atoms with Gasteiger partial charge in [-0.15, -0.1) is 0 Å². The number of benzene rings is 1. The Morgan fingerprint density at radius 1 is 1.41 bits per heavy atom. The van der Waals surface area contributed by atoms with Crippen molar-refractivity contribution in [3.8, 4) is 0 Å². The lowest BCUT2D eigenvalue weighted by Gasteiger charge is -2.23. The van der Waals surface area contributed by atoms with E-state index in [2.05, 4.69) is 33.5 Å². The fourth-order valence-corrected chi connectivity index (χ4v) is 2.28. The topological polar surface area (TPSA) is 49.9 Å². The normalized spacial score (nSPS) is 20.8. The summed E-state index contributed by atoms with van der Waals surface area (Å²) >= 11 is 0. The van der Waals surface area contributed by atoms with Gasteiger partial charge in [0.2, 0.25) is 0 Å². The number of rotatable bonds is 3. The summed E-state index contributed by atoms with van der Waals surface area (Å²) in [6.07, 6.45) is 3.95. The van der Waals surface area contributed by atoms with Gasteiger partial charge in [0.1, 0.15) is 0 Å². The van der Waals surface area contributed by atoms with Gasteiger partial charge in [0.15, 0.2) is 0 Å². The van der Waals surface area contributed by atoms with E-state index in [1.54, 1.807) is 6.33 Å². The molecule has 1 atom stereocenters. The molecule has 1 aromatic heterocycles. The molecule has 0 amide bonds. The molecule has 3 rings (SSSR count). The van der Waals surface area contributed by atoms with Gasteiger partial charge in [-0.25, -0.2) is 4.98 Å². The highest BCUT2D eigenvalue weighted by molar-refractivity contribution is 5.74. The van der Waals surface area contributed by atoms with Gasteiger partial charge in [-0.3, -0.25) is 0 Å². The van der Waals surface area contributed by atoms with Gasteiger partial charge in [-0.1, -0.05) is 6.07 Å². The highest BCUT2D eigenvalue weighted by Crippen LogP contribution is 2.14. The zero-order chi connectivity index (χ0) is 11.5. The van der Waals surface area contributed by atoms with Crippen molar-refractivity contribution in [1.82, 2.24) is 15.3 Å². The fraction of sp³-hybridized carbons (Fsp3) is 0.462. The summed E-state index contributed by atoms with van der Waals surface area (Å²) in [5, 5.41) is 3.48. The van der Waals surface area contributed by atoms with Crippen molar-refractivity contribution in [3.05, 3.63) is 30.1 Å². The molecule has 17 heavy (non-hydrogen) atoms. The Labute approximate surface area is 100 Å². The Kier molecular flexibility index (Phi) is 3.07. The monoisotopic (exact) mass is 231 g/mol. The number of H-pyrrole nitrogens is 1. The maximum atomic E-state index is 5.45. The maximum absolute atomic E-state index is 5.45. The Bertz CT molecular complexity index is 488. The molecule has 1 aromatic carbocycles. The number of hydrogen-bond acceptors (Lipinski definition) is 3. The van der Waals surface area contributed by atoms with Crippen molar-refractivity contribution in [1.29, 1.82) is 0 Å². The zero-order valence-electron chi connectivity index (χ0n) is 9.78. The number of aryl methyl sites for hydroxylation is 1. The number of imidazole rings is 1. The molecule has 0 aliphatic carbocycles. The van der Waals surface area contributed by atoms with Crippen LogP contribution < -0.4 is 5.32 Å². The van der Waals surface area contributed by atoms with Crippen LogP contribution in [0, 0.1) is 0 Å². The number of aromatic amines is 1. The van der Waals surface area contributed by atoms with E-state index < -0.39 is 0 Å². The first-order valence-corrected chi connectivity index (χ1v) is 6.15. The van der Waals surface area contributed by atoms with Gasteiger partial charge in [0, 0.05) is 12.6 Å². The third-order valence-corrected chi connectivity index (χ3v) is 3.26. The lowest BCUT2D eigenvalue weighted by Crippen LogP contribution is -2.41. The number of nitrogens with one attached hydrogen (secondary N) is 2. The molecule has 1 unspecified atom stereocenters. The Hall–Kier alpha value is -1.39. The standard InChI is InChI=1S/C13H17N3O/c1(3-11-8-17-6-5-14-11)10-2-4-12-13(7-10)16-9-15-12/h2,4,7,9,11,14H,1,3,5-6,8H2,(H,15,16). The summed E-state index contributed by atoms with van der Waals surface area (Å²) in [5.41, 5.74) is 3.51. The molecular weight excluding hydrogens is 214 g/mol. The van der Waals surface area contributed by atoms with Crippen LogP contribution in [0.5, 0.6) is 0 Å². The average molecular weight is 231 g/mol. The molecule has 2 aromatic rings. The van der Waals surface area contributed by atoms with E-state index in [4.69, 9.17) is 4.74 Å². The van der Waals surface area contributed by atoms with Crippen LogP contribution in [0.1, 0.15) is 12.0 Å². The van der Waals surface area contributed by atoms with Gasteiger partial charge < -0.3 is 15.0 Å². The van der Waals surface area contributed by atoms with Crippen molar-refractivity contribution in [3.63, 3.8) is 0 Å². The van der Waals surface area contributed by atoms with E-state index in [0.29, 0.717) is 6.04 Å². The van der Waals surface area contributed by atoms with Crippen molar-refractivity contribution in [2.45, 2.75) is 18.9 Å². The molecule has 0 saturated carbocycles. The zero-order valence-corrected chi connectivity index (χ0v) is 9.78. The van der Waals surface area contributed by atoms with Crippen LogP contribution in [0.2, 0.25) is 0 Å². The molecule has 2 heterocycles. The van der Waals surface area contributed by atoms with E-state index in [9.17, 15) is 0 Å². The molecule has 0 spiro atoms. The van der Waals surface area contributed by atoms with Gasteiger partial charge in [0.25, 0.3) is 0 Å². The van der Waals surface area contributed by atoms with Gasteiger partial charge in [0.05, 0.1) is 30.6 Å². The SMILES string of the molecule is c1nc2ccc(CCC3COCCN3)cc2[nH]1. The Balaban J connectivity index is 1.63. The summed E-state index contributed by atoms with van der Waals surface area (Å²) < 4.78 is 5.45. The molecule has 2 N–H and O–H groups in total. The predicted octanol–water partition coefficient (Wildman–Crippen LogP) is 1.48. The highest BCUT2D eigenvalue weighted by atomic mass is 16.5. The van der Waals surface area contributed by atoms with Crippen molar-refractivity contribution < 1.29 is 4.74 Å². The van der Waals surface area contributed by atoms with E-state index >= 15 is 0 Å². The fourth-order valence-electron chi connectivity index (χ4n) is 2.28. The number of fused-ring (bicyclic) bond motifs is 1. The summed E-state index contributed by atoms with van der Waals surface area (Å²) in [4.78, 5) is 7.37.